The molecule has 0 aliphatic rings. The zero-order valence-corrected chi connectivity index (χ0v) is 7.71. The molecule has 1 nitrogen and oxygen atoms in total. The normalized spacial score (nSPS) is 15.9. The van der Waals surface area contributed by atoms with Gasteiger partial charge in [0, 0.05) is 0 Å². The largest absolute Gasteiger partial charge is 0.389 e. The maximum absolute atomic E-state index is 9.13. The summed E-state index contributed by atoms with van der Waals surface area (Å²) in [5.41, 5.74) is 0. The van der Waals surface area contributed by atoms with Crippen LogP contribution in [0.25, 0.3) is 0 Å². The van der Waals surface area contributed by atoms with Crippen LogP contribution in [0.3, 0.4) is 0 Å². The van der Waals surface area contributed by atoms with Crippen molar-refractivity contribution >= 4 is 0 Å². The molecule has 11 heavy (non-hydrogen) atoms. The molecule has 0 heterocycles. The minimum absolute atomic E-state index is 0.293. The molecule has 0 aromatic carbocycles. The zero-order valence-electron chi connectivity index (χ0n) is 7.71. The number of aliphatic hydroxyl groups excluding tert-OH is 1. The lowest BCUT2D eigenvalue weighted by Crippen LogP contribution is -2.02. The van der Waals surface area contributed by atoms with E-state index in [0.717, 1.165) is 18.8 Å². The average molecular weight is 156 g/mol. The summed E-state index contributed by atoms with van der Waals surface area (Å²) in [6.45, 7) is 7.98. The van der Waals surface area contributed by atoms with Crippen LogP contribution in [-0.2, 0) is 0 Å². The highest BCUT2D eigenvalue weighted by Crippen LogP contribution is 2.12. The van der Waals surface area contributed by atoms with Gasteiger partial charge >= 0.3 is 0 Å². The SMILES string of the molecule is C=CC(O)CCC[C@H](C)CC. The molecule has 0 amide bonds. The Morgan fingerprint density at radius 1 is 1.45 bits per heavy atom. The highest BCUT2D eigenvalue weighted by Gasteiger charge is 2.01. The van der Waals surface area contributed by atoms with E-state index in [2.05, 4.69) is 20.4 Å². The molecule has 0 saturated carbocycles. The summed E-state index contributed by atoms with van der Waals surface area (Å²) >= 11 is 0. The van der Waals surface area contributed by atoms with Gasteiger partial charge < -0.3 is 5.11 Å². The van der Waals surface area contributed by atoms with Crippen molar-refractivity contribution in [3.8, 4) is 0 Å². The van der Waals surface area contributed by atoms with Gasteiger partial charge in [-0.15, -0.1) is 6.58 Å². The van der Waals surface area contributed by atoms with E-state index in [4.69, 9.17) is 5.11 Å². The van der Waals surface area contributed by atoms with Crippen LogP contribution in [0.15, 0.2) is 12.7 Å². The molecule has 0 aromatic heterocycles. The Labute approximate surface area is 70.1 Å². The van der Waals surface area contributed by atoms with Gasteiger partial charge in [-0.25, -0.2) is 0 Å². The summed E-state index contributed by atoms with van der Waals surface area (Å²) in [5, 5.41) is 9.13. The lowest BCUT2D eigenvalue weighted by atomic mass is 10.0. The van der Waals surface area contributed by atoms with E-state index in [1.807, 2.05) is 0 Å². The lowest BCUT2D eigenvalue weighted by molar-refractivity contribution is 0.206. The van der Waals surface area contributed by atoms with Crippen molar-refractivity contribution < 1.29 is 5.11 Å². The van der Waals surface area contributed by atoms with E-state index >= 15 is 0 Å². The van der Waals surface area contributed by atoms with Crippen LogP contribution in [0.1, 0.15) is 39.5 Å². The molecule has 0 spiro atoms. The minimum atomic E-state index is -0.293. The van der Waals surface area contributed by atoms with Gasteiger partial charge in [0.1, 0.15) is 0 Å². The molecule has 0 aromatic rings. The molecule has 0 saturated heterocycles. The average Bonchev–Trinajstić information content (AvgIpc) is 2.04. The van der Waals surface area contributed by atoms with Crippen LogP contribution in [0.5, 0.6) is 0 Å². The van der Waals surface area contributed by atoms with Crippen LogP contribution >= 0.6 is 0 Å². The van der Waals surface area contributed by atoms with Gasteiger partial charge in [-0.2, -0.15) is 0 Å². The molecular weight excluding hydrogens is 136 g/mol. The smallest absolute Gasteiger partial charge is 0.0718 e. The predicted octanol–water partition coefficient (Wildman–Crippen LogP) is 2.75. The van der Waals surface area contributed by atoms with E-state index in [1.54, 1.807) is 6.08 Å². The number of aliphatic hydroxyl groups is 1. The third kappa shape index (κ3) is 6.11. The van der Waals surface area contributed by atoms with Crippen LogP contribution in [-0.4, -0.2) is 11.2 Å². The minimum Gasteiger partial charge on any atom is -0.389 e. The van der Waals surface area contributed by atoms with Gasteiger partial charge in [-0.1, -0.05) is 39.2 Å². The Morgan fingerprint density at radius 3 is 2.55 bits per heavy atom. The fraction of sp³-hybridized carbons (Fsp3) is 0.800. The van der Waals surface area contributed by atoms with E-state index in [0.29, 0.717) is 0 Å². The monoisotopic (exact) mass is 156 g/mol. The van der Waals surface area contributed by atoms with E-state index < -0.39 is 0 Å². The van der Waals surface area contributed by atoms with E-state index in [1.165, 1.54) is 12.8 Å². The Bertz CT molecular complexity index is 99.0. The second-order valence-corrected chi connectivity index (χ2v) is 3.25. The predicted molar refractivity (Wildman–Crippen MR) is 49.5 cm³/mol. The van der Waals surface area contributed by atoms with Crippen molar-refractivity contribution in [3.05, 3.63) is 12.7 Å². The Hall–Kier alpha value is -0.300. The highest BCUT2D eigenvalue weighted by molar-refractivity contribution is 4.77. The van der Waals surface area contributed by atoms with E-state index in [9.17, 15) is 0 Å². The first-order valence-electron chi connectivity index (χ1n) is 4.51. The Kier molecular flexibility index (Phi) is 6.24. The third-order valence-electron chi connectivity index (χ3n) is 2.17. The van der Waals surface area contributed by atoms with Crippen LogP contribution in [0.2, 0.25) is 0 Å². The molecule has 1 N–H and O–H groups in total. The van der Waals surface area contributed by atoms with Gasteiger partial charge in [0.05, 0.1) is 6.10 Å². The molecule has 0 aliphatic heterocycles. The molecule has 0 bridgehead atoms. The molecular formula is C10H20O. The van der Waals surface area contributed by atoms with Crippen molar-refractivity contribution in [2.75, 3.05) is 0 Å². The van der Waals surface area contributed by atoms with E-state index in [-0.39, 0.29) is 6.10 Å². The van der Waals surface area contributed by atoms with Crippen molar-refractivity contribution in [2.24, 2.45) is 5.92 Å². The van der Waals surface area contributed by atoms with Gasteiger partial charge in [-0.3, -0.25) is 0 Å². The maximum atomic E-state index is 9.13. The Balaban J connectivity index is 3.19. The number of rotatable bonds is 6. The maximum Gasteiger partial charge on any atom is 0.0718 e. The number of hydrogen-bond donors (Lipinski definition) is 1. The summed E-state index contributed by atoms with van der Waals surface area (Å²) in [6.07, 6.45) is 5.76. The first-order chi connectivity index (χ1) is 5.20. The van der Waals surface area contributed by atoms with Gasteiger partial charge in [-0.05, 0) is 12.3 Å². The quantitative estimate of drug-likeness (QED) is 0.586. The van der Waals surface area contributed by atoms with Gasteiger partial charge in [0.2, 0.25) is 0 Å². The molecule has 0 fully saturated rings. The fourth-order valence-corrected chi connectivity index (χ4v) is 0.997. The summed E-state index contributed by atoms with van der Waals surface area (Å²) in [4.78, 5) is 0. The van der Waals surface area contributed by atoms with Crippen LogP contribution in [0, 0.1) is 5.92 Å². The van der Waals surface area contributed by atoms with Crippen molar-refractivity contribution in [1.82, 2.24) is 0 Å². The number of hydrogen-bond acceptors (Lipinski definition) is 1. The summed E-state index contributed by atoms with van der Waals surface area (Å²) in [7, 11) is 0. The van der Waals surface area contributed by atoms with Gasteiger partial charge in [0.15, 0.2) is 0 Å². The van der Waals surface area contributed by atoms with Crippen LogP contribution in [0.4, 0.5) is 0 Å². The molecule has 0 aliphatic carbocycles. The second-order valence-electron chi connectivity index (χ2n) is 3.25. The third-order valence-corrected chi connectivity index (χ3v) is 2.17. The topological polar surface area (TPSA) is 20.2 Å². The first kappa shape index (κ1) is 10.7. The molecule has 0 radical (unpaired) electrons. The van der Waals surface area contributed by atoms with Crippen LogP contribution < -0.4 is 0 Å². The second kappa shape index (κ2) is 6.41. The van der Waals surface area contributed by atoms with Crippen molar-refractivity contribution in [2.45, 2.75) is 45.6 Å². The summed E-state index contributed by atoms with van der Waals surface area (Å²) in [6, 6.07) is 0. The fourth-order valence-electron chi connectivity index (χ4n) is 0.997. The van der Waals surface area contributed by atoms with Crippen molar-refractivity contribution in [1.29, 1.82) is 0 Å². The highest BCUT2D eigenvalue weighted by atomic mass is 16.3. The molecule has 0 rings (SSSR count). The lowest BCUT2D eigenvalue weighted by Gasteiger charge is -2.08. The Morgan fingerprint density at radius 2 is 2.09 bits per heavy atom. The molecule has 1 unspecified atom stereocenters. The van der Waals surface area contributed by atoms with Crippen molar-refractivity contribution in [3.63, 3.8) is 0 Å². The molecule has 66 valence electrons. The first-order valence-corrected chi connectivity index (χ1v) is 4.51. The van der Waals surface area contributed by atoms with Gasteiger partial charge in [0.25, 0.3) is 0 Å². The standard InChI is InChI=1S/C10H20O/c1-4-9(3)7-6-8-10(11)5-2/h5,9-11H,2,4,6-8H2,1,3H3/t9-,10?/m1/s1. The zero-order chi connectivity index (χ0) is 8.69. The summed E-state index contributed by atoms with van der Waals surface area (Å²) in [5.74, 6) is 0.798. The summed E-state index contributed by atoms with van der Waals surface area (Å²) < 4.78 is 0. The molecule has 2 atom stereocenters. The molecule has 1 heteroatoms.